The molecule has 19 heavy (non-hydrogen) atoms. The van der Waals surface area contributed by atoms with Gasteiger partial charge in [0, 0.05) is 6.61 Å². The van der Waals surface area contributed by atoms with Crippen LogP contribution in [0.3, 0.4) is 0 Å². The Hall–Kier alpha value is 0.0969. The first kappa shape index (κ1) is 19.1. The van der Waals surface area contributed by atoms with Crippen molar-refractivity contribution in [2.75, 3.05) is 33.0 Å². The van der Waals surface area contributed by atoms with Gasteiger partial charge in [-0.25, -0.2) is 0 Å². The van der Waals surface area contributed by atoms with Gasteiger partial charge >= 0.3 is 0 Å². The Morgan fingerprint density at radius 2 is 1.16 bits per heavy atom. The molecule has 4 heteroatoms. The second-order valence-electron chi connectivity index (χ2n) is 5.95. The van der Waals surface area contributed by atoms with E-state index < -0.39 is 8.32 Å². The van der Waals surface area contributed by atoms with Gasteiger partial charge in [0.25, 0.3) is 0 Å². The van der Waals surface area contributed by atoms with E-state index in [0.717, 1.165) is 6.61 Å². The first-order valence-corrected chi connectivity index (χ1v) is 11.3. The molecule has 0 aromatic rings. The van der Waals surface area contributed by atoms with E-state index in [9.17, 15) is 0 Å². The van der Waals surface area contributed by atoms with E-state index in [4.69, 9.17) is 13.9 Å². The molecule has 0 fully saturated rings. The SMILES string of the molecule is CCCCCCCCOCCOCCO[Si](C)(C)C. The minimum Gasteiger partial charge on any atom is -0.415 e. The summed E-state index contributed by atoms with van der Waals surface area (Å²) < 4.78 is 16.7. The van der Waals surface area contributed by atoms with Gasteiger partial charge in [-0.2, -0.15) is 0 Å². The third-order valence-electron chi connectivity index (χ3n) is 2.78. The fourth-order valence-corrected chi connectivity index (χ4v) is 2.41. The van der Waals surface area contributed by atoms with Gasteiger partial charge in [0.05, 0.1) is 26.4 Å². The lowest BCUT2D eigenvalue weighted by Crippen LogP contribution is -2.27. The van der Waals surface area contributed by atoms with E-state index >= 15 is 0 Å². The van der Waals surface area contributed by atoms with Crippen LogP contribution in [0.4, 0.5) is 0 Å². The summed E-state index contributed by atoms with van der Waals surface area (Å²) in [5.41, 5.74) is 0. The van der Waals surface area contributed by atoms with Gasteiger partial charge in [0.2, 0.25) is 0 Å². The van der Waals surface area contributed by atoms with Crippen molar-refractivity contribution < 1.29 is 13.9 Å². The fourth-order valence-electron chi connectivity index (χ4n) is 1.71. The molecule has 0 heterocycles. The van der Waals surface area contributed by atoms with Crippen LogP contribution in [0, 0.1) is 0 Å². The van der Waals surface area contributed by atoms with Gasteiger partial charge in [-0.05, 0) is 26.1 Å². The monoisotopic (exact) mass is 290 g/mol. The summed E-state index contributed by atoms with van der Waals surface area (Å²) in [5, 5.41) is 0. The van der Waals surface area contributed by atoms with Crippen molar-refractivity contribution in [2.24, 2.45) is 0 Å². The first-order chi connectivity index (χ1) is 9.06. The number of unbranched alkanes of at least 4 members (excludes halogenated alkanes) is 5. The molecule has 0 N–H and O–H groups in total. The Bertz CT molecular complexity index is 181. The molecule has 3 nitrogen and oxygen atoms in total. The van der Waals surface area contributed by atoms with Crippen LogP contribution in [0.5, 0.6) is 0 Å². The van der Waals surface area contributed by atoms with Crippen LogP contribution < -0.4 is 0 Å². The maximum atomic E-state index is 5.69. The zero-order chi connectivity index (χ0) is 14.4. The topological polar surface area (TPSA) is 27.7 Å². The minimum absolute atomic E-state index is 0.685. The second kappa shape index (κ2) is 13.1. The lowest BCUT2D eigenvalue weighted by Gasteiger charge is -2.16. The molecule has 0 saturated carbocycles. The highest BCUT2D eigenvalue weighted by molar-refractivity contribution is 6.69. The van der Waals surface area contributed by atoms with Crippen molar-refractivity contribution in [1.82, 2.24) is 0 Å². The van der Waals surface area contributed by atoms with Gasteiger partial charge < -0.3 is 13.9 Å². The average molecular weight is 291 g/mol. The Kier molecular flexibility index (Phi) is 13.2. The number of ether oxygens (including phenoxy) is 2. The predicted octanol–water partition coefficient (Wildman–Crippen LogP) is 4.23. The van der Waals surface area contributed by atoms with Crippen molar-refractivity contribution >= 4 is 8.32 Å². The molecule has 0 spiro atoms. The third-order valence-corrected chi connectivity index (χ3v) is 3.85. The van der Waals surface area contributed by atoms with Crippen molar-refractivity contribution in [3.8, 4) is 0 Å². The third kappa shape index (κ3) is 18.1. The molecular weight excluding hydrogens is 256 g/mol. The number of hydrogen-bond acceptors (Lipinski definition) is 3. The molecule has 0 atom stereocenters. The minimum atomic E-state index is -1.37. The molecule has 0 aliphatic carbocycles. The summed E-state index contributed by atoms with van der Waals surface area (Å²) in [7, 11) is -1.37. The lowest BCUT2D eigenvalue weighted by molar-refractivity contribution is 0.0343. The van der Waals surface area contributed by atoms with Gasteiger partial charge in [0.15, 0.2) is 8.32 Å². The van der Waals surface area contributed by atoms with Crippen molar-refractivity contribution in [3.63, 3.8) is 0 Å². The molecule has 0 amide bonds. The van der Waals surface area contributed by atoms with Gasteiger partial charge in [-0.3, -0.25) is 0 Å². The fraction of sp³-hybridized carbons (Fsp3) is 1.00. The maximum Gasteiger partial charge on any atom is 0.183 e. The molecule has 0 unspecified atom stereocenters. The van der Waals surface area contributed by atoms with E-state index in [1.54, 1.807) is 0 Å². The zero-order valence-electron chi connectivity index (χ0n) is 13.5. The quantitative estimate of drug-likeness (QED) is 0.354. The Morgan fingerprint density at radius 1 is 0.632 bits per heavy atom. The molecule has 0 aliphatic rings. The van der Waals surface area contributed by atoms with E-state index in [1.807, 2.05) is 0 Å². The highest BCUT2D eigenvalue weighted by Crippen LogP contribution is 2.04. The smallest absolute Gasteiger partial charge is 0.183 e. The number of rotatable bonds is 14. The number of hydrogen-bond donors (Lipinski definition) is 0. The molecule has 0 bridgehead atoms. The molecule has 0 aromatic heterocycles. The van der Waals surface area contributed by atoms with E-state index in [-0.39, 0.29) is 0 Å². The summed E-state index contributed by atoms with van der Waals surface area (Å²) in [6.07, 6.45) is 7.88. The summed E-state index contributed by atoms with van der Waals surface area (Å²) in [6.45, 7) is 12.5. The normalized spacial score (nSPS) is 12.0. The lowest BCUT2D eigenvalue weighted by atomic mass is 10.1. The predicted molar refractivity (Wildman–Crippen MR) is 84.3 cm³/mol. The van der Waals surface area contributed by atoms with Crippen molar-refractivity contribution in [2.45, 2.75) is 65.1 Å². The van der Waals surface area contributed by atoms with Crippen LogP contribution in [-0.4, -0.2) is 41.4 Å². The van der Waals surface area contributed by atoms with E-state index in [2.05, 4.69) is 26.6 Å². The van der Waals surface area contributed by atoms with Crippen LogP contribution in [-0.2, 0) is 13.9 Å². The van der Waals surface area contributed by atoms with Crippen LogP contribution in [0.15, 0.2) is 0 Å². The van der Waals surface area contributed by atoms with Crippen LogP contribution in [0.25, 0.3) is 0 Å². The van der Waals surface area contributed by atoms with Gasteiger partial charge in [0.1, 0.15) is 0 Å². The summed E-state index contributed by atoms with van der Waals surface area (Å²) in [4.78, 5) is 0. The molecule has 0 rings (SSSR count). The zero-order valence-corrected chi connectivity index (χ0v) is 14.5. The largest absolute Gasteiger partial charge is 0.415 e. The highest BCUT2D eigenvalue weighted by Gasteiger charge is 2.12. The molecule has 0 aliphatic heterocycles. The molecule has 0 saturated heterocycles. The van der Waals surface area contributed by atoms with Crippen molar-refractivity contribution in [1.29, 1.82) is 0 Å². The maximum absolute atomic E-state index is 5.69. The van der Waals surface area contributed by atoms with Crippen LogP contribution in [0.1, 0.15) is 45.4 Å². The Balaban J connectivity index is 2.99. The Labute approximate surface area is 121 Å². The highest BCUT2D eigenvalue weighted by atomic mass is 28.4. The van der Waals surface area contributed by atoms with Crippen molar-refractivity contribution in [3.05, 3.63) is 0 Å². The summed E-state index contributed by atoms with van der Waals surface area (Å²) >= 11 is 0. The molecule has 116 valence electrons. The van der Waals surface area contributed by atoms with E-state index in [0.29, 0.717) is 26.4 Å². The summed E-state index contributed by atoms with van der Waals surface area (Å²) in [6, 6.07) is 0. The summed E-state index contributed by atoms with van der Waals surface area (Å²) in [5.74, 6) is 0. The molecule has 0 radical (unpaired) electrons. The van der Waals surface area contributed by atoms with E-state index in [1.165, 1.54) is 38.5 Å². The first-order valence-electron chi connectivity index (χ1n) is 7.85. The second-order valence-corrected chi connectivity index (χ2v) is 10.5. The van der Waals surface area contributed by atoms with Gasteiger partial charge in [-0.1, -0.05) is 39.0 Å². The Morgan fingerprint density at radius 3 is 1.79 bits per heavy atom. The van der Waals surface area contributed by atoms with Gasteiger partial charge in [-0.15, -0.1) is 0 Å². The average Bonchev–Trinajstić information content (AvgIpc) is 2.34. The molecular formula is C15H34O3Si. The standard InChI is InChI=1S/C15H34O3Si/c1-5-6-7-8-9-10-11-16-12-13-17-14-15-18-19(2,3)4/h5-15H2,1-4H3. The van der Waals surface area contributed by atoms with Crippen LogP contribution >= 0.6 is 0 Å². The van der Waals surface area contributed by atoms with Crippen LogP contribution in [0.2, 0.25) is 19.6 Å². The molecule has 0 aromatic carbocycles.